The molecule has 2 N–H and O–H groups in total. The topological polar surface area (TPSA) is 76.7 Å². The van der Waals surface area contributed by atoms with E-state index in [4.69, 9.17) is 9.47 Å². The first-order valence-electron chi connectivity index (χ1n) is 6.44. The van der Waals surface area contributed by atoms with Gasteiger partial charge in [-0.25, -0.2) is 13.1 Å². The van der Waals surface area contributed by atoms with Crippen molar-refractivity contribution in [1.29, 1.82) is 0 Å². The lowest BCUT2D eigenvalue weighted by atomic mass is 10.2. The van der Waals surface area contributed by atoms with Crippen molar-refractivity contribution in [3.05, 3.63) is 23.8 Å². The monoisotopic (exact) mass is 302 g/mol. The molecule has 0 aliphatic carbocycles. The molecule has 0 amide bonds. The van der Waals surface area contributed by atoms with Crippen LogP contribution < -0.4 is 19.5 Å². The number of hydrogen-bond donors (Lipinski definition) is 2. The summed E-state index contributed by atoms with van der Waals surface area (Å²) in [6, 6.07) is 5.65. The molecule has 0 aliphatic rings. The fraction of sp³-hybridized carbons (Fsp3) is 0.538. The van der Waals surface area contributed by atoms with Crippen LogP contribution >= 0.6 is 0 Å². The third-order valence-corrected chi connectivity index (χ3v) is 4.10. The van der Waals surface area contributed by atoms with Gasteiger partial charge >= 0.3 is 0 Å². The Balaban J connectivity index is 2.62. The van der Waals surface area contributed by atoms with Gasteiger partial charge in [-0.3, -0.25) is 0 Å². The average Bonchev–Trinajstić information content (AvgIpc) is 2.44. The molecule has 0 atom stereocenters. The minimum Gasteiger partial charge on any atom is -0.493 e. The second-order valence-corrected chi connectivity index (χ2v) is 6.13. The van der Waals surface area contributed by atoms with Crippen molar-refractivity contribution in [3.8, 4) is 11.5 Å². The average molecular weight is 302 g/mol. The predicted molar refractivity (Wildman–Crippen MR) is 78.7 cm³/mol. The lowest BCUT2D eigenvalue weighted by molar-refractivity contribution is 0.308. The van der Waals surface area contributed by atoms with Gasteiger partial charge in [-0.2, -0.15) is 0 Å². The van der Waals surface area contributed by atoms with Crippen LogP contribution in [-0.4, -0.2) is 41.5 Å². The Labute approximate surface area is 120 Å². The highest BCUT2D eigenvalue weighted by Gasteiger charge is 2.10. The lowest BCUT2D eigenvalue weighted by Gasteiger charge is -2.14. The minimum atomic E-state index is -3.17. The van der Waals surface area contributed by atoms with Crippen molar-refractivity contribution in [2.75, 3.05) is 33.1 Å². The SMILES string of the molecule is CCOc1cccc(CNCCS(=O)(=O)NC)c1OC. The van der Waals surface area contributed by atoms with Crippen molar-refractivity contribution in [1.82, 2.24) is 10.0 Å². The largest absolute Gasteiger partial charge is 0.493 e. The van der Waals surface area contributed by atoms with E-state index in [1.165, 1.54) is 7.05 Å². The van der Waals surface area contributed by atoms with Gasteiger partial charge in [-0.15, -0.1) is 0 Å². The first kappa shape index (κ1) is 16.7. The van der Waals surface area contributed by atoms with Crippen LogP contribution in [-0.2, 0) is 16.6 Å². The maximum absolute atomic E-state index is 11.3. The van der Waals surface area contributed by atoms with Crippen LogP contribution in [0.5, 0.6) is 11.5 Å². The fourth-order valence-corrected chi connectivity index (χ4v) is 2.35. The van der Waals surface area contributed by atoms with Gasteiger partial charge in [0.15, 0.2) is 11.5 Å². The summed E-state index contributed by atoms with van der Waals surface area (Å²) in [6.45, 7) is 3.36. The molecular formula is C13H22N2O4S. The molecule has 1 aromatic carbocycles. The molecule has 0 aromatic heterocycles. The smallest absolute Gasteiger partial charge is 0.212 e. The molecule has 20 heavy (non-hydrogen) atoms. The van der Waals surface area contributed by atoms with Crippen LogP contribution in [0, 0.1) is 0 Å². The highest BCUT2D eigenvalue weighted by Crippen LogP contribution is 2.30. The maximum atomic E-state index is 11.3. The summed E-state index contributed by atoms with van der Waals surface area (Å²) in [5.41, 5.74) is 0.931. The molecule has 0 saturated carbocycles. The van der Waals surface area contributed by atoms with Crippen LogP contribution in [0.2, 0.25) is 0 Å². The highest BCUT2D eigenvalue weighted by molar-refractivity contribution is 7.89. The molecule has 114 valence electrons. The summed E-state index contributed by atoms with van der Waals surface area (Å²) >= 11 is 0. The molecule has 0 fully saturated rings. The van der Waals surface area contributed by atoms with Gasteiger partial charge in [0.2, 0.25) is 10.0 Å². The quantitative estimate of drug-likeness (QED) is 0.658. The number of para-hydroxylation sites is 1. The zero-order valence-corrected chi connectivity index (χ0v) is 12.9. The molecule has 0 unspecified atom stereocenters. The van der Waals surface area contributed by atoms with E-state index in [0.29, 0.717) is 31.2 Å². The van der Waals surface area contributed by atoms with Crippen LogP contribution in [0.1, 0.15) is 12.5 Å². The van der Waals surface area contributed by atoms with E-state index in [1.807, 2.05) is 25.1 Å². The molecule has 0 radical (unpaired) electrons. The van der Waals surface area contributed by atoms with Crippen LogP contribution in [0.15, 0.2) is 18.2 Å². The Morgan fingerprint density at radius 3 is 2.65 bits per heavy atom. The van der Waals surface area contributed by atoms with Crippen molar-refractivity contribution >= 4 is 10.0 Å². The van der Waals surface area contributed by atoms with Gasteiger partial charge in [0.1, 0.15) is 0 Å². The number of ether oxygens (including phenoxy) is 2. The van der Waals surface area contributed by atoms with Crippen LogP contribution in [0.4, 0.5) is 0 Å². The predicted octanol–water partition coefficient (Wildman–Crippen LogP) is 0.733. The van der Waals surface area contributed by atoms with Crippen LogP contribution in [0.25, 0.3) is 0 Å². The van der Waals surface area contributed by atoms with E-state index >= 15 is 0 Å². The first-order chi connectivity index (χ1) is 9.54. The zero-order valence-electron chi connectivity index (χ0n) is 12.1. The highest BCUT2D eigenvalue weighted by atomic mass is 32.2. The molecular weight excluding hydrogens is 280 g/mol. The van der Waals surface area contributed by atoms with E-state index < -0.39 is 10.0 Å². The third kappa shape index (κ3) is 4.99. The number of methoxy groups -OCH3 is 1. The Bertz CT molecular complexity index is 517. The zero-order chi connectivity index (χ0) is 15.0. The normalized spacial score (nSPS) is 11.3. The Hall–Kier alpha value is -1.31. The van der Waals surface area contributed by atoms with Gasteiger partial charge < -0.3 is 14.8 Å². The molecule has 1 aromatic rings. The number of hydrogen-bond acceptors (Lipinski definition) is 5. The molecule has 7 heteroatoms. The molecule has 0 aliphatic heterocycles. The van der Waals surface area contributed by atoms with Gasteiger partial charge in [0.25, 0.3) is 0 Å². The van der Waals surface area contributed by atoms with E-state index in [0.717, 1.165) is 5.56 Å². The molecule has 0 bridgehead atoms. The second kappa shape index (κ2) is 8.08. The standard InChI is InChI=1S/C13H22N2O4S/c1-4-19-12-7-5-6-11(13(12)18-3)10-15-8-9-20(16,17)14-2/h5-7,14-15H,4,8-10H2,1-3H3. The minimum absolute atomic E-state index is 0.0387. The number of benzene rings is 1. The lowest BCUT2D eigenvalue weighted by Crippen LogP contribution is -2.29. The number of sulfonamides is 1. The maximum Gasteiger partial charge on any atom is 0.212 e. The summed E-state index contributed by atoms with van der Waals surface area (Å²) < 4.78 is 35.7. The second-order valence-electron chi connectivity index (χ2n) is 4.08. The van der Waals surface area contributed by atoms with Crippen molar-refractivity contribution in [2.45, 2.75) is 13.5 Å². The summed E-state index contributed by atoms with van der Waals surface area (Å²) in [7, 11) is -0.178. The first-order valence-corrected chi connectivity index (χ1v) is 8.10. The van der Waals surface area contributed by atoms with E-state index in [-0.39, 0.29) is 5.75 Å². The Morgan fingerprint density at radius 2 is 2.05 bits per heavy atom. The molecule has 1 rings (SSSR count). The fourth-order valence-electron chi connectivity index (χ4n) is 1.73. The van der Waals surface area contributed by atoms with E-state index in [9.17, 15) is 8.42 Å². The van der Waals surface area contributed by atoms with Crippen molar-refractivity contribution in [3.63, 3.8) is 0 Å². The molecule has 6 nitrogen and oxygen atoms in total. The molecule has 0 heterocycles. The number of nitrogens with one attached hydrogen (secondary N) is 2. The van der Waals surface area contributed by atoms with Crippen molar-refractivity contribution in [2.24, 2.45) is 0 Å². The summed E-state index contributed by atoms with van der Waals surface area (Å²) in [4.78, 5) is 0. The Morgan fingerprint density at radius 1 is 1.30 bits per heavy atom. The number of rotatable bonds is 9. The summed E-state index contributed by atoms with van der Waals surface area (Å²) in [6.07, 6.45) is 0. The third-order valence-electron chi connectivity index (χ3n) is 2.74. The van der Waals surface area contributed by atoms with Gasteiger partial charge in [0, 0.05) is 18.7 Å². The molecule has 0 spiro atoms. The van der Waals surface area contributed by atoms with Gasteiger partial charge in [-0.1, -0.05) is 12.1 Å². The summed E-state index contributed by atoms with van der Waals surface area (Å²) in [5.74, 6) is 1.41. The van der Waals surface area contributed by atoms with Gasteiger partial charge in [0.05, 0.1) is 19.5 Å². The van der Waals surface area contributed by atoms with Crippen LogP contribution in [0.3, 0.4) is 0 Å². The van der Waals surface area contributed by atoms with Gasteiger partial charge in [-0.05, 0) is 20.0 Å². The summed E-state index contributed by atoms with van der Waals surface area (Å²) in [5, 5.41) is 3.08. The molecule has 0 saturated heterocycles. The van der Waals surface area contributed by atoms with E-state index in [1.54, 1.807) is 7.11 Å². The van der Waals surface area contributed by atoms with E-state index in [2.05, 4.69) is 10.0 Å². The van der Waals surface area contributed by atoms with Crippen molar-refractivity contribution < 1.29 is 17.9 Å². The Kier molecular flexibility index (Phi) is 6.77.